The Morgan fingerprint density at radius 3 is 2.50 bits per heavy atom. The van der Waals surface area contributed by atoms with Gasteiger partial charge in [-0.05, 0) is 39.0 Å². The van der Waals surface area contributed by atoms with Crippen molar-refractivity contribution >= 4 is 34.8 Å². The van der Waals surface area contributed by atoms with Gasteiger partial charge in [-0.3, -0.25) is 14.2 Å². The molecule has 8 heteroatoms. The normalized spacial score (nSPS) is 11.0. The van der Waals surface area contributed by atoms with Crippen molar-refractivity contribution in [1.82, 2.24) is 19.6 Å². The smallest absolute Gasteiger partial charge is 0.274 e. The molecule has 26 heavy (non-hydrogen) atoms. The molecular formula is C18H19Cl2N5O. The number of aromatic nitrogens is 4. The second-order valence-corrected chi connectivity index (χ2v) is 6.70. The predicted molar refractivity (Wildman–Crippen MR) is 103 cm³/mol. The van der Waals surface area contributed by atoms with Crippen LogP contribution in [0.1, 0.15) is 34.4 Å². The molecule has 0 fully saturated rings. The summed E-state index contributed by atoms with van der Waals surface area (Å²) in [5.74, 6) is -0.217. The number of nitrogens with one attached hydrogen (secondary N) is 1. The predicted octanol–water partition coefficient (Wildman–Crippen LogP) is 4.32. The fourth-order valence-electron chi connectivity index (χ4n) is 2.82. The van der Waals surface area contributed by atoms with E-state index in [-0.39, 0.29) is 5.91 Å². The molecule has 0 aliphatic rings. The number of rotatable bonds is 5. The van der Waals surface area contributed by atoms with Crippen molar-refractivity contribution in [3.63, 3.8) is 0 Å². The van der Waals surface area contributed by atoms with Crippen molar-refractivity contribution in [3.8, 4) is 0 Å². The molecule has 0 saturated heterocycles. The van der Waals surface area contributed by atoms with E-state index in [0.29, 0.717) is 34.5 Å². The number of hydrogen-bond donors (Lipinski definition) is 1. The fraction of sp³-hybridized carbons (Fsp3) is 0.278. The lowest BCUT2D eigenvalue weighted by Crippen LogP contribution is -2.18. The zero-order valence-corrected chi connectivity index (χ0v) is 16.3. The van der Waals surface area contributed by atoms with Crippen LogP contribution >= 0.6 is 23.2 Å². The van der Waals surface area contributed by atoms with Crippen LogP contribution in [-0.4, -0.2) is 25.5 Å². The number of halogens is 2. The lowest BCUT2D eigenvalue weighted by atomic mass is 10.2. The van der Waals surface area contributed by atoms with Crippen LogP contribution in [0.2, 0.25) is 10.0 Å². The van der Waals surface area contributed by atoms with E-state index in [1.54, 1.807) is 39.8 Å². The van der Waals surface area contributed by atoms with Crippen molar-refractivity contribution in [2.75, 3.05) is 5.32 Å². The first kappa shape index (κ1) is 18.5. The molecule has 0 aliphatic heterocycles. The van der Waals surface area contributed by atoms with E-state index < -0.39 is 0 Å². The molecule has 1 amide bonds. The van der Waals surface area contributed by atoms with Gasteiger partial charge in [0.1, 0.15) is 5.69 Å². The van der Waals surface area contributed by atoms with Gasteiger partial charge in [0.2, 0.25) is 0 Å². The number of benzene rings is 1. The molecule has 136 valence electrons. The largest absolute Gasteiger partial charge is 0.317 e. The van der Waals surface area contributed by atoms with Gasteiger partial charge in [-0.25, -0.2) is 0 Å². The third-order valence-corrected chi connectivity index (χ3v) is 4.95. The van der Waals surface area contributed by atoms with Crippen molar-refractivity contribution in [2.45, 2.75) is 33.9 Å². The number of nitrogens with zero attached hydrogens (tertiary/aromatic N) is 4. The van der Waals surface area contributed by atoms with Gasteiger partial charge in [0.05, 0.1) is 23.6 Å². The summed E-state index contributed by atoms with van der Waals surface area (Å²) in [6.07, 6.45) is 1.61. The minimum absolute atomic E-state index is 0.217. The maximum atomic E-state index is 12.6. The third-order valence-electron chi connectivity index (χ3n) is 4.24. The van der Waals surface area contributed by atoms with Crippen molar-refractivity contribution < 1.29 is 4.79 Å². The molecule has 2 aromatic heterocycles. The van der Waals surface area contributed by atoms with Gasteiger partial charge in [-0.2, -0.15) is 10.2 Å². The first-order valence-electron chi connectivity index (χ1n) is 8.22. The topological polar surface area (TPSA) is 64.7 Å². The molecule has 3 rings (SSSR count). The van der Waals surface area contributed by atoms with E-state index in [1.165, 1.54) is 0 Å². The number of carbonyl (C=O) groups excluding carboxylic acids is 1. The number of amides is 1. The molecule has 3 aromatic rings. The quantitative estimate of drug-likeness (QED) is 0.703. The lowest BCUT2D eigenvalue weighted by Gasteiger charge is -2.10. The highest BCUT2D eigenvalue weighted by atomic mass is 35.5. The molecule has 0 bridgehead atoms. The SMILES string of the molecule is CCn1nccc1C(=O)Nc1c(C)nn(Cc2c(Cl)cccc2Cl)c1C. The van der Waals surface area contributed by atoms with Crippen LogP contribution < -0.4 is 5.32 Å². The Labute approximate surface area is 161 Å². The molecule has 0 spiro atoms. The molecule has 6 nitrogen and oxygen atoms in total. The second-order valence-electron chi connectivity index (χ2n) is 5.89. The summed E-state index contributed by atoms with van der Waals surface area (Å²) in [7, 11) is 0. The summed E-state index contributed by atoms with van der Waals surface area (Å²) in [6, 6.07) is 7.08. The average molecular weight is 392 g/mol. The van der Waals surface area contributed by atoms with Crippen molar-refractivity contribution in [2.24, 2.45) is 0 Å². The molecule has 0 radical (unpaired) electrons. The van der Waals surface area contributed by atoms with Gasteiger partial charge in [0.25, 0.3) is 5.91 Å². The van der Waals surface area contributed by atoms with E-state index in [0.717, 1.165) is 17.0 Å². The van der Waals surface area contributed by atoms with Crippen LogP contribution in [0.25, 0.3) is 0 Å². The summed E-state index contributed by atoms with van der Waals surface area (Å²) in [6.45, 7) is 6.74. The Hall–Kier alpha value is -2.31. The Morgan fingerprint density at radius 2 is 1.85 bits per heavy atom. The van der Waals surface area contributed by atoms with E-state index >= 15 is 0 Å². The minimum atomic E-state index is -0.217. The second kappa shape index (κ2) is 7.51. The Kier molecular flexibility index (Phi) is 5.34. The monoisotopic (exact) mass is 391 g/mol. The number of aryl methyl sites for hydroxylation is 2. The summed E-state index contributed by atoms with van der Waals surface area (Å²) >= 11 is 12.5. The molecular weight excluding hydrogens is 373 g/mol. The van der Waals surface area contributed by atoms with Gasteiger partial charge < -0.3 is 5.32 Å². The molecule has 2 heterocycles. The molecule has 1 aromatic carbocycles. The highest BCUT2D eigenvalue weighted by Gasteiger charge is 2.18. The molecule has 0 atom stereocenters. The van der Waals surface area contributed by atoms with Crippen LogP contribution in [0.4, 0.5) is 5.69 Å². The lowest BCUT2D eigenvalue weighted by molar-refractivity contribution is 0.101. The maximum absolute atomic E-state index is 12.6. The summed E-state index contributed by atoms with van der Waals surface area (Å²) < 4.78 is 3.43. The maximum Gasteiger partial charge on any atom is 0.274 e. The van der Waals surface area contributed by atoms with Gasteiger partial charge in [-0.1, -0.05) is 29.3 Å². The summed E-state index contributed by atoms with van der Waals surface area (Å²) in [5, 5.41) is 12.8. The Morgan fingerprint density at radius 1 is 1.15 bits per heavy atom. The fourth-order valence-corrected chi connectivity index (χ4v) is 3.34. The number of anilines is 1. The summed E-state index contributed by atoms with van der Waals surface area (Å²) in [5.41, 5.74) is 3.54. The molecule has 0 unspecified atom stereocenters. The standard InChI is InChI=1S/C18H19Cl2N5O/c1-4-24-16(8-9-21-24)18(26)22-17-11(2)23-25(12(17)3)10-13-14(19)6-5-7-15(13)20/h5-9H,4,10H2,1-3H3,(H,22,26). The van der Waals surface area contributed by atoms with E-state index in [1.807, 2.05) is 20.8 Å². The van der Waals surface area contributed by atoms with E-state index in [9.17, 15) is 4.79 Å². The van der Waals surface area contributed by atoms with Crippen molar-refractivity contribution in [3.05, 3.63) is 63.2 Å². The molecule has 0 saturated carbocycles. The van der Waals surface area contributed by atoms with Gasteiger partial charge in [-0.15, -0.1) is 0 Å². The van der Waals surface area contributed by atoms with E-state index in [4.69, 9.17) is 23.2 Å². The van der Waals surface area contributed by atoms with Crippen LogP contribution in [0.5, 0.6) is 0 Å². The van der Waals surface area contributed by atoms with Gasteiger partial charge >= 0.3 is 0 Å². The number of hydrogen-bond acceptors (Lipinski definition) is 3. The van der Waals surface area contributed by atoms with Crippen LogP contribution in [-0.2, 0) is 13.1 Å². The van der Waals surface area contributed by atoms with Crippen LogP contribution in [0, 0.1) is 13.8 Å². The first-order valence-corrected chi connectivity index (χ1v) is 8.98. The highest BCUT2D eigenvalue weighted by Crippen LogP contribution is 2.27. The number of carbonyl (C=O) groups is 1. The highest BCUT2D eigenvalue weighted by molar-refractivity contribution is 6.35. The Bertz CT molecular complexity index is 940. The summed E-state index contributed by atoms with van der Waals surface area (Å²) in [4.78, 5) is 12.6. The van der Waals surface area contributed by atoms with Gasteiger partial charge in [0.15, 0.2) is 0 Å². The zero-order chi connectivity index (χ0) is 18.8. The Balaban J connectivity index is 1.88. The first-order chi connectivity index (χ1) is 12.4. The zero-order valence-electron chi connectivity index (χ0n) is 14.8. The van der Waals surface area contributed by atoms with Crippen LogP contribution in [0.15, 0.2) is 30.5 Å². The third kappa shape index (κ3) is 3.48. The van der Waals surface area contributed by atoms with Gasteiger partial charge in [0, 0.05) is 28.4 Å². The molecule has 1 N–H and O–H groups in total. The van der Waals surface area contributed by atoms with Crippen molar-refractivity contribution in [1.29, 1.82) is 0 Å². The van der Waals surface area contributed by atoms with Crippen LogP contribution in [0.3, 0.4) is 0 Å². The minimum Gasteiger partial charge on any atom is -0.317 e. The average Bonchev–Trinajstić information content (AvgIpc) is 3.18. The van der Waals surface area contributed by atoms with E-state index in [2.05, 4.69) is 15.5 Å². The molecule has 0 aliphatic carbocycles.